The van der Waals surface area contributed by atoms with Crippen molar-refractivity contribution in [3.8, 4) is 5.75 Å². The van der Waals surface area contributed by atoms with Crippen LogP contribution in [0.25, 0.3) is 0 Å². The Morgan fingerprint density at radius 1 is 1.14 bits per heavy atom. The predicted octanol–water partition coefficient (Wildman–Crippen LogP) is 3.40. The average molecular weight is 194 g/mol. The lowest BCUT2D eigenvalue weighted by Gasteiger charge is -1.93. The molecule has 0 saturated heterocycles. The molecule has 0 aliphatic heterocycles. The summed E-state index contributed by atoms with van der Waals surface area (Å²) < 4.78 is 0. The van der Waals surface area contributed by atoms with Gasteiger partial charge >= 0.3 is 0 Å². The summed E-state index contributed by atoms with van der Waals surface area (Å²) in [5.41, 5.74) is 0.623. The summed E-state index contributed by atoms with van der Waals surface area (Å²) in [5, 5.41) is 8.83. The van der Waals surface area contributed by atoms with E-state index in [4.69, 9.17) is 5.11 Å². The first-order valence-electron chi connectivity index (χ1n) is 4.91. The van der Waals surface area contributed by atoms with E-state index >= 15 is 0 Å². The summed E-state index contributed by atoms with van der Waals surface area (Å²) in [4.78, 5) is 10.7. The lowest BCUT2D eigenvalue weighted by atomic mass is 10.1. The number of phenolic OH excluding ortho intramolecular Hbond substituents is 1. The van der Waals surface area contributed by atoms with Crippen LogP contribution in [-0.2, 0) is 0 Å². The molecule has 1 N–H and O–H groups in total. The van der Waals surface area contributed by atoms with Gasteiger partial charge in [0, 0.05) is 5.56 Å². The van der Waals surface area contributed by atoms with E-state index in [1.807, 2.05) is 0 Å². The normalized spacial score (nSPS) is 8.79. The van der Waals surface area contributed by atoms with E-state index in [1.165, 1.54) is 31.9 Å². The molecule has 0 aliphatic rings. The first-order valence-corrected chi connectivity index (χ1v) is 4.91. The minimum Gasteiger partial charge on any atom is -0.508 e. The van der Waals surface area contributed by atoms with Gasteiger partial charge in [0.1, 0.15) is 5.75 Å². The van der Waals surface area contributed by atoms with Crippen LogP contribution in [0.4, 0.5) is 0 Å². The highest BCUT2D eigenvalue weighted by Crippen LogP contribution is 2.09. The molecule has 78 valence electrons. The molecule has 0 radical (unpaired) electrons. The maximum Gasteiger partial charge on any atom is 0.159 e. The van der Waals surface area contributed by atoms with Crippen molar-refractivity contribution in [3.05, 3.63) is 29.8 Å². The molecule has 0 fully saturated rings. The monoisotopic (exact) mass is 194 g/mol. The van der Waals surface area contributed by atoms with Crippen molar-refractivity contribution in [2.45, 2.75) is 33.6 Å². The SMILES string of the molecule is CC(=O)c1ccc(O)cc1.CCCC. The van der Waals surface area contributed by atoms with Crippen molar-refractivity contribution >= 4 is 5.78 Å². The third-order valence-corrected chi connectivity index (χ3v) is 1.77. The summed E-state index contributed by atoms with van der Waals surface area (Å²) in [7, 11) is 0. The van der Waals surface area contributed by atoms with Gasteiger partial charge < -0.3 is 5.11 Å². The van der Waals surface area contributed by atoms with Gasteiger partial charge in [-0.1, -0.05) is 26.7 Å². The van der Waals surface area contributed by atoms with Crippen LogP contribution < -0.4 is 0 Å². The molecule has 14 heavy (non-hydrogen) atoms. The Bertz CT molecular complexity index is 260. The van der Waals surface area contributed by atoms with Gasteiger partial charge in [0.2, 0.25) is 0 Å². The molecule has 0 spiro atoms. The van der Waals surface area contributed by atoms with Crippen LogP contribution in [0.5, 0.6) is 5.75 Å². The largest absolute Gasteiger partial charge is 0.508 e. The minimum atomic E-state index is 0.0139. The van der Waals surface area contributed by atoms with E-state index in [0.29, 0.717) is 5.56 Å². The van der Waals surface area contributed by atoms with Crippen LogP contribution in [0.15, 0.2) is 24.3 Å². The number of hydrogen-bond acceptors (Lipinski definition) is 2. The topological polar surface area (TPSA) is 37.3 Å². The summed E-state index contributed by atoms with van der Waals surface area (Å²) in [6.45, 7) is 5.85. The van der Waals surface area contributed by atoms with Crippen molar-refractivity contribution in [2.24, 2.45) is 0 Å². The highest BCUT2D eigenvalue weighted by atomic mass is 16.3. The van der Waals surface area contributed by atoms with Gasteiger partial charge in [-0.25, -0.2) is 0 Å². The van der Waals surface area contributed by atoms with E-state index in [2.05, 4.69) is 13.8 Å². The molecular weight excluding hydrogens is 176 g/mol. The molecule has 1 aromatic carbocycles. The predicted molar refractivity (Wildman–Crippen MR) is 58.7 cm³/mol. The fourth-order valence-corrected chi connectivity index (χ4v) is 0.696. The van der Waals surface area contributed by atoms with E-state index in [-0.39, 0.29) is 11.5 Å². The number of Topliss-reactive ketones (excluding diaryl/α,β-unsaturated/α-hetero) is 1. The number of benzene rings is 1. The molecule has 0 heterocycles. The zero-order valence-electron chi connectivity index (χ0n) is 9.08. The van der Waals surface area contributed by atoms with Crippen molar-refractivity contribution < 1.29 is 9.90 Å². The number of phenols is 1. The smallest absolute Gasteiger partial charge is 0.159 e. The highest BCUT2D eigenvalue weighted by Gasteiger charge is 1.96. The minimum absolute atomic E-state index is 0.0139. The van der Waals surface area contributed by atoms with Crippen LogP contribution in [0.2, 0.25) is 0 Å². The lowest BCUT2D eigenvalue weighted by Crippen LogP contribution is -1.89. The molecule has 0 unspecified atom stereocenters. The van der Waals surface area contributed by atoms with Gasteiger partial charge in [-0.2, -0.15) is 0 Å². The van der Waals surface area contributed by atoms with Gasteiger partial charge in [0.25, 0.3) is 0 Å². The molecule has 2 nitrogen and oxygen atoms in total. The summed E-state index contributed by atoms with van der Waals surface area (Å²) in [6.07, 6.45) is 2.64. The van der Waals surface area contributed by atoms with Crippen LogP contribution in [0.3, 0.4) is 0 Å². The third-order valence-electron chi connectivity index (χ3n) is 1.77. The standard InChI is InChI=1S/C8H8O2.C4H10/c1-6(9)7-2-4-8(10)5-3-7;1-3-4-2/h2-5,10H,1H3;3-4H2,1-2H3. The molecule has 2 heteroatoms. The van der Waals surface area contributed by atoms with Crippen molar-refractivity contribution in [1.29, 1.82) is 0 Å². The van der Waals surface area contributed by atoms with Crippen LogP contribution in [0, 0.1) is 0 Å². The van der Waals surface area contributed by atoms with Gasteiger partial charge in [0.05, 0.1) is 0 Å². The first-order chi connectivity index (χ1) is 6.61. The van der Waals surface area contributed by atoms with Crippen molar-refractivity contribution in [1.82, 2.24) is 0 Å². The second kappa shape index (κ2) is 7.13. The zero-order valence-corrected chi connectivity index (χ0v) is 9.08. The molecular formula is C12H18O2. The molecule has 0 bridgehead atoms. The summed E-state index contributed by atoms with van der Waals surface area (Å²) in [6, 6.07) is 6.18. The molecule has 0 aliphatic carbocycles. The molecule has 1 rings (SSSR count). The second-order valence-corrected chi connectivity index (χ2v) is 3.10. The zero-order chi connectivity index (χ0) is 11.0. The van der Waals surface area contributed by atoms with Crippen LogP contribution in [-0.4, -0.2) is 10.9 Å². The molecule has 0 amide bonds. The van der Waals surface area contributed by atoms with Gasteiger partial charge in [0.15, 0.2) is 5.78 Å². The number of ketones is 1. The average Bonchev–Trinajstić information content (AvgIpc) is 2.19. The fourth-order valence-electron chi connectivity index (χ4n) is 0.696. The van der Waals surface area contributed by atoms with E-state index in [0.717, 1.165) is 0 Å². The highest BCUT2D eigenvalue weighted by molar-refractivity contribution is 5.94. The summed E-state index contributed by atoms with van der Waals surface area (Å²) in [5.74, 6) is 0.199. The Balaban J connectivity index is 0.000000364. The molecule has 0 saturated carbocycles. The lowest BCUT2D eigenvalue weighted by molar-refractivity contribution is 0.101. The molecule has 0 aromatic heterocycles. The molecule has 0 atom stereocenters. The first kappa shape index (κ1) is 12.7. The van der Waals surface area contributed by atoms with E-state index in [1.54, 1.807) is 12.1 Å². The van der Waals surface area contributed by atoms with Crippen molar-refractivity contribution in [2.75, 3.05) is 0 Å². The van der Waals surface area contributed by atoms with E-state index < -0.39 is 0 Å². The third kappa shape index (κ3) is 5.36. The number of rotatable bonds is 2. The van der Waals surface area contributed by atoms with Gasteiger partial charge in [-0.15, -0.1) is 0 Å². The van der Waals surface area contributed by atoms with Gasteiger partial charge in [-0.05, 0) is 31.2 Å². The Labute approximate surface area is 85.6 Å². The Kier molecular flexibility index (Phi) is 6.46. The maximum atomic E-state index is 10.7. The van der Waals surface area contributed by atoms with Gasteiger partial charge in [-0.3, -0.25) is 4.79 Å². The number of hydrogen-bond donors (Lipinski definition) is 1. The van der Waals surface area contributed by atoms with Crippen molar-refractivity contribution in [3.63, 3.8) is 0 Å². The summed E-state index contributed by atoms with van der Waals surface area (Å²) >= 11 is 0. The Hall–Kier alpha value is -1.31. The number of unbranched alkanes of at least 4 members (excludes halogenated alkanes) is 1. The van der Waals surface area contributed by atoms with Crippen LogP contribution >= 0.6 is 0 Å². The van der Waals surface area contributed by atoms with Crippen LogP contribution in [0.1, 0.15) is 44.0 Å². The number of aromatic hydroxyl groups is 1. The Morgan fingerprint density at radius 3 is 1.86 bits per heavy atom. The maximum absolute atomic E-state index is 10.7. The fraction of sp³-hybridized carbons (Fsp3) is 0.417. The Morgan fingerprint density at radius 2 is 1.57 bits per heavy atom. The second-order valence-electron chi connectivity index (χ2n) is 3.10. The quantitative estimate of drug-likeness (QED) is 0.732. The number of carbonyl (C=O) groups is 1. The molecule has 1 aromatic rings. The van der Waals surface area contributed by atoms with E-state index in [9.17, 15) is 4.79 Å². The number of carbonyl (C=O) groups excluding carboxylic acids is 1.